The highest BCUT2D eigenvalue weighted by Gasteiger charge is 2.03. The van der Waals surface area contributed by atoms with Crippen molar-refractivity contribution < 1.29 is 0 Å². The van der Waals surface area contributed by atoms with Crippen molar-refractivity contribution in [2.75, 3.05) is 0 Å². The number of hydrogen-bond acceptors (Lipinski definition) is 4. The molecule has 2 rings (SSSR count). The maximum absolute atomic E-state index is 6.14. The highest BCUT2D eigenvalue weighted by Crippen LogP contribution is 2.30. The van der Waals surface area contributed by atoms with E-state index in [1.165, 1.54) is 16.9 Å². The van der Waals surface area contributed by atoms with Crippen molar-refractivity contribution in [2.45, 2.75) is 27.2 Å². The van der Waals surface area contributed by atoms with E-state index < -0.39 is 0 Å². The third kappa shape index (κ3) is 2.94. The summed E-state index contributed by atoms with van der Waals surface area (Å²) < 4.78 is 0. The number of aryl methyl sites for hydroxylation is 3. The van der Waals surface area contributed by atoms with Crippen LogP contribution in [0.3, 0.4) is 0 Å². The quantitative estimate of drug-likeness (QED) is 0.694. The van der Waals surface area contributed by atoms with Crippen molar-refractivity contribution >= 4 is 33.8 Å². The predicted octanol–water partition coefficient (Wildman–Crippen LogP) is 5.39. The molecule has 5 heteroatoms. The second-order valence-corrected chi connectivity index (χ2v) is 5.57. The SMILES string of the molecule is CCc1ccc(N=Nc2nc(C)c(C)s2)c(Cl)c1. The fraction of sp³-hybridized carbons (Fsp3) is 0.308. The molecule has 0 aliphatic rings. The minimum Gasteiger partial charge on any atom is -0.222 e. The van der Waals surface area contributed by atoms with Crippen LogP contribution < -0.4 is 0 Å². The van der Waals surface area contributed by atoms with E-state index in [2.05, 4.69) is 22.1 Å². The fourth-order valence-corrected chi connectivity index (χ4v) is 2.42. The Morgan fingerprint density at radius 2 is 2.06 bits per heavy atom. The van der Waals surface area contributed by atoms with Crippen LogP contribution in [0.2, 0.25) is 5.02 Å². The standard InChI is InChI=1S/C13H14ClN3S/c1-4-10-5-6-12(11(14)7-10)16-17-13-15-8(2)9(3)18-13/h5-7H,4H2,1-3H3. The molecule has 0 fully saturated rings. The smallest absolute Gasteiger partial charge is 0.222 e. The van der Waals surface area contributed by atoms with Crippen LogP contribution in [0.25, 0.3) is 0 Å². The van der Waals surface area contributed by atoms with Gasteiger partial charge in [0.25, 0.3) is 0 Å². The summed E-state index contributed by atoms with van der Waals surface area (Å²) >= 11 is 7.67. The average molecular weight is 280 g/mol. The Labute approximate surface area is 116 Å². The summed E-state index contributed by atoms with van der Waals surface area (Å²) in [6.45, 7) is 6.08. The summed E-state index contributed by atoms with van der Waals surface area (Å²) in [5.41, 5.74) is 2.88. The van der Waals surface area contributed by atoms with Gasteiger partial charge in [-0.05, 0) is 38.0 Å². The largest absolute Gasteiger partial charge is 0.230 e. The van der Waals surface area contributed by atoms with E-state index in [1.54, 1.807) is 0 Å². The van der Waals surface area contributed by atoms with E-state index in [-0.39, 0.29) is 0 Å². The maximum atomic E-state index is 6.14. The summed E-state index contributed by atoms with van der Waals surface area (Å²) in [7, 11) is 0. The van der Waals surface area contributed by atoms with Gasteiger partial charge in [0, 0.05) is 4.88 Å². The van der Waals surface area contributed by atoms with Crippen LogP contribution in [0.1, 0.15) is 23.1 Å². The molecule has 0 atom stereocenters. The second kappa shape index (κ2) is 5.59. The van der Waals surface area contributed by atoms with E-state index >= 15 is 0 Å². The van der Waals surface area contributed by atoms with Crippen molar-refractivity contribution in [1.82, 2.24) is 4.98 Å². The van der Waals surface area contributed by atoms with Crippen LogP contribution in [0.15, 0.2) is 28.4 Å². The first kappa shape index (κ1) is 13.2. The lowest BCUT2D eigenvalue weighted by Crippen LogP contribution is -1.78. The van der Waals surface area contributed by atoms with Gasteiger partial charge in [0.2, 0.25) is 5.13 Å². The Hall–Kier alpha value is -1.26. The van der Waals surface area contributed by atoms with Crippen molar-refractivity contribution in [1.29, 1.82) is 0 Å². The van der Waals surface area contributed by atoms with Gasteiger partial charge in [-0.1, -0.05) is 35.9 Å². The summed E-state index contributed by atoms with van der Waals surface area (Å²) in [6.07, 6.45) is 0.960. The number of aromatic nitrogens is 1. The van der Waals surface area contributed by atoms with E-state index in [0.717, 1.165) is 17.0 Å². The van der Waals surface area contributed by atoms with E-state index in [0.29, 0.717) is 15.8 Å². The summed E-state index contributed by atoms with van der Waals surface area (Å²) in [5, 5.41) is 9.56. The molecule has 94 valence electrons. The predicted molar refractivity (Wildman–Crippen MR) is 76.6 cm³/mol. The minimum absolute atomic E-state index is 0.628. The van der Waals surface area contributed by atoms with E-state index in [9.17, 15) is 0 Å². The van der Waals surface area contributed by atoms with Crippen molar-refractivity contribution in [2.24, 2.45) is 10.2 Å². The molecule has 0 spiro atoms. The number of rotatable bonds is 3. The number of nitrogens with zero attached hydrogens (tertiary/aromatic N) is 3. The molecule has 0 radical (unpaired) electrons. The molecular weight excluding hydrogens is 266 g/mol. The number of thiazole rings is 1. The Morgan fingerprint density at radius 1 is 1.28 bits per heavy atom. The molecule has 18 heavy (non-hydrogen) atoms. The van der Waals surface area contributed by atoms with Crippen LogP contribution in [0, 0.1) is 13.8 Å². The topological polar surface area (TPSA) is 37.6 Å². The molecular formula is C13H14ClN3S. The van der Waals surface area contributed by atoms with Gasteiger partial charge in [-0.3, -0.25) is 0 Å². The summed E-state index contributed by atoms with van der Waals surface area (Å²) in [6, 6.07) is 5.82. The Kier molecular flexibility index (Phi) is 4.09. The molecule has 0 saturated heterocycles. The van der Waals surface area contributed by atoms with Crippen molar-refractivity contribution in [3.63, 3.8) is 0 Å². The third-order valence-corrected chi connectivity index (χ3v) is 3.94. The van der Waals surface area contributed by atoms with E-state index in [4.69, 9.17) is 11.6 Å². The Morgan fingerprint density at radius 3 is 2.61 bits per heavy atom. The first-order valence-electron chi connectivity index (χ1n) is 5.74. The molecule has 3 nitrogen and oxygen atoms in total. The number of hydrogen-bond donors (Lipinski definition) is 0. The molecule has 0 unspecified atom stereocenters. The first-order chi connectivity index (χ1) is 8.60. The van der Waals surface area contributed by atoms with Crippen LogP contribution in [-0.4, -0.2) is 4.98 Å². The zero-order valence-electron chi connectivity index (χ0n) is 10.6. The lowest BCUT2D eigenvalue weighted by Gasteiger charge is -1.99. The van der Waals surface area contributed by atoms with Crippen molar-refractivity contribution in [3.05, 3.63) is 39.4 Å². The molecule has 0 saturated carbocycles. The molecule has 0 aliphatic carbocycles. The zero-order valence-corrected chi connectivity index (χ0v) is 12.1. The first-order valence-corrected chi connectivity index (χ1v) is 6.93. The van der Waals surface area contributed by atoms with Crippen LogP contribution >= 0.6 is 22.9 Å². The molecule has 0 amide bonds. The van der Waals surface area contributed by atoms with Gasteiger partial charge >= 0.3 is 0 Å². The highest BCUT2D eigenvalue weighted by molar-refractivity contribution is 7.15. The fourth-order valence-electron chi connectivity index (χ4n) is 1.45. The van der Waals surface area contributed by atoms with Crippen LogP contribution in [-0.2, 0) is 6.42 Å². The minimum atomic E-state index is 0.628. The van der Waals surface area contributed by atoms with Crippen LogP contribution in [0.4, 0.5) is 10.8 Å². The molecule has 2 aromatic rings. The third-order valence-electron chi connectivity index (χ3n) is 2.68. The van der Waals surface area contributed by atoms with Gasteiger partial charge < -0.3 is 0 Å². The second-order valence-electron chi connectivity index (χ2n) is 3.98. The molecule has 1 aromatic carbocycles. The Balaban J connectivity index is 2.23. The van der Waals surface area contributed by atoms with Gasteiger partial charge in [0.15, 0.2) is 0 Å². The summed E-state index contributed by atoms with van der Waals surface area (Å²) in [5.74, 6) is 0. The molecule has 0 bridgehead atoms. The number of halogens is 1. The van der Waals surface area contributed by atoms with Gasteiger partial charge in [-0.2, -0.15) is 0 Å². The monoisotopic (exact) mass is 279 g/mol. The zero-order chi connectivity index (χ0) is 13.1. The highest BCUT2D eigenvalue weighted by atomic mass is 35.5. The molecule has 1 heterocycles. The Bertz CT molecular complexity index is 570. The lowest BCUT2D eigenvalue weighted by molar-refractivity contribution is 1.13. The number of benzene rings is 1. The average Bonchev–Trinajstić information content (AvgIpc) is 2.67. The van der Waals surface area contributed by atoms with E-state index in [1.807, 2.05) is 32.0 Å². The summed E-state index contributed by atoms with van der Waals surface area (Å²) in [4.78, 5) is 5.47. The normalized spacial score (nSPS) is 11.3. The molecule has 1 aromatic heterocycles. The van der Waals surface area contributed by atoms with Gasteiger partial charge in [0.1, 0.15) is 5.69 Å². The molecule has 0 N–H and O–H groups in total. The lowest BCUT2D eigenvalue weighted by atomic mass is 10.1. The maximum Gasteiger partial charge on any atom is 0.230 e. The molecule has 0 aliphatic heterocycles. The van der Waals surface area contributed by atoms with Gasteiger partial charge in [0.05, 0.1) is 10.7 Å². The van der Waals surface area contributed by atoms with Gasteiger partial charge in [-0.15, -0.1) is 10.2 Å². The number of azo groups is 1. The van der Waals surface area contributed by atoms with Crippen LogP contribution in [0.5, 0.6) is 0 Å². The van der Waals surface area contributed by atoms with Crippen molar-refractivity contribution in [3.8, 4) is 0 Å². The van der Waals surface area contributed by atoms with Gasteiger partial charge in [-0.25, -0.2) is 4.98 Å².